The Kier molecular flexibility index (Phi) is 7.39. The summed E-state index contributed by atoms with van der Waals surface area (Å²) in [7, 11) is 0. The van der Waals surface area contributed by atoms with Crippen LogP contribution in [0.4, 0.5) is 0 Å². The van der Waals surface area contributed by atoms with Crippen molar-refractivity contribution in [3.8, 4) is 16.9 Å². The molecule has 0 spiro atoms. The predicted molar refractivity (Wildman–Crippen MR) is 113 cm³/mol. The lowest BCUT2D eigenvalue weighted by Gasteiger charge is -2.40. The van der Waals surface area contributed by atoms with Crippen molar-refractivity contribution in [2.24, 2.45) is 0 Å². The van der Waals surface area contributed by atoms with Crippen LogP contribution >= 0.6 is 11.8 Å². The summed E-state index contributed by atoms with van der Waals surface area (Å²) in [5.74, 6) is -0.458. The third-order valence-electron chi connectivity index (χ3n) is 4.64. The number of thioether (sulfide) groups is 1. The molecule has 0 radical (unpaired) electrons. The first kappa shape index (κ1) is 23.6. The molecule has 0 N–H and O–H groups in total. The average Bonchev–Trinajstić information content (AvgIpc) is 3.04. The van der Waals surface area contributed by atoms with Crippen molar-refractivity contribution in [2.75, 3.05) is 5.75 Å². The van der Waals surface area contributed by atoms with E-state index in [-0.39, 0.29) is 5.75 Å². The Morgan fingerprint density at radius 2 is 1.69 bits per heavy atom. The SMILES string of the molecule is CC(=O)O[C@@H]1[C@@H](OC(C)=O)[C@H](OC(C)=O)CS[C@H]1Oc1cnccc1-c1c(C)noc1C. The van der Waals surface area contributed by atoms with Crippen molar-refractivity contribution in [1.82, 2.24) is 10.1 Å². The maximum absolute atomic E-state index is 11.8. The number of carbonyl (C=O) groups excluding carboxylic acids is 3. The van der Waals surface area contributed by atoms with Crippen molar-refractivity contribution in [1.29, 1.82) is 0 Å². The van der Waals surface area contributed by atoms with E-state index < -0.39 is 41.7 Å². The normalized spacial score (nSPS) is 22.7. The van der Waals surface area contributed by atoms with Gasteiger partial charge in [-0.25, -0.2) is 0 Å². The summed E-state index contributed by atoms with van der Waals surface area (Å²) in [5, 5.41) is 3.99. The number of hydrogen-bond acceptors (Lipinski definition) is 11. The minimum Gasteiger partial charge on any atom is -0.473 e. The van der Waals surface area contributed by atoms with Crippen molar-refractivity contribution >= 4 is 29.7 Å². The number of ether oxygens (including phenoxy) is 4. The van der Waals surface area contributed by atoms with Crippen molar-refractivity contribution in [3.05, 3.63) is 29.9 Å². The van der Waals surface area contributed by atoms with Crippen LogP contribution in [0.15, 0.2) is 23.0 Å². The summed E-state index contributed by atoms with van der Waals surface area (Å²) in [5.41, 5.74) is 1.38. The molecule has 4 atom stereocenters. The van der Waals surface area contributed by atoms with Crippen LogP contribution in [0.1, 0.15) is 32.2 Å². The Bertz CT molecular complexity index is 988. The molecule has 11 heteroatoms. The van der Waals surface area contributed by atoms with Gasteiger partial charge in [0.2, 0.25) is 0 Å². The molecule has 2 aromatic heterocycles. The van der Waals surface area contributed by atoms with E-state index in [1.54, 1.807) is 19.2 Å². The van der Waals surface area contributed by atoms with Gasteiger partial charge in [0.1, 0.15) is 11.5 Å². The summed E-state index contributed by atoms with van der Waals surface area (Å²) >= 11 is 1.27. The van der Waals surface area contributed by atoms with Gasteiger partial charge >= 0.3 is 17.9 Å². The lowest BCUT2D eigenvalue weighted by Crippen LogP contribution is -2.55. The van der Waals surface area contributed by atoms with Crippen LogP contribution in [0.2, 0.25) is 0 Å². The predicted octanol–water partition coefficient (Wildman–Crippen LogP) is 2.60. The van der Waals surface area contributed by atoms with Gasteiger partial charge in [-0.15, -0.1) is 11.8 Å². The van der Waals surface area contributed by atoms with Crippen LogP contribution in [-0.2, 0) is 28.6 Å². The fourth-order valence-electron chi connectivity index (χ4n) is 3.48. The van der Waals surface area contributed by atoms with E-state index in [2.05, 4.69) is 10.1 Å². The largest absolute Gasteiger partial charge is 0.473 e. The fourth-order valence-corrected chi connectivity index (χ4v) is 4.69. The van der Waals surface area contributed by atoms with Gasteiger partial charge in [-0.05, 0) is 19.9 Å². The van der Waals surface area contributed by atoms with E-state index in [0.717, 1.165) is 5.56 Å². The van der Waals surface area contributed by atoms with Gasteiger partial charge in [-0.3, -0.25) is 19.4 Å². The molecule has 3 rings (SSSR count). The molecule has 1 fully saturated rings. The number of aromatic nitrogens is 2. The Labute approximate surface area is 188 Å². The molecule has 0 aromatic carbocycles. The third-order valence-corrected chi connectivity index (χ3v) is 5.85. The molecule has 3 heterocycles. The molecule has 1 aliphatic rings. The Hall–Kier alpha value is -3.08. The van der Waals surface area contributed by atoms with Gasteiger partial charge in [0.05, 0.1) is 17.5 Å². The number of hydrogen-bond donors (Lipinski definition) is 0. The molecular formula is C21H24N2O8S. The zero-order valence-corrected chi connectivity index (χ0v) is 19.1. The van der Waals surface area contributed by atoms with Crippen LogP contribution in [0, 0.1) is 13.8 Å². The average molecular weight is 464 g/mol. The number of pyridine rings is 1. The molecule has 32 heavy (non-hydrogen) atoms. The lowest BCUT2D eigenvalue weighted by molar-refractivity contribution is -0.186. The van der Waals surface area contributed by atoms with Crippen LogP contribution in [0.5, 0.6) is 5.75 Å². The van der Waals surface area contributed by atoms with E-state index in [1.165, 1.54) is 38.7 Å². The fraction of sp³-hybridized carbons (Fsp3) is 0.476. The molecule has 172 valence electrons. The second-order valence-corrected chi connectivity index (χ2v) is 8.32. The maximum Gasteiger partial charge on any atom is 0.303 e. The number of esters is 3. The van der Waals surface area contributed by atoms with Crippen molar-refractivity contribution in [3.63, 3.8) is 0 Å². The molecule has 2 aromatic rings. The molecule has 0 amide bonds. The van der Waals surface area contributed by atoms with Gasteiger partial charge in [0.15, 0.2) is 23.7 Å². The summed E-state index contributed by atoms with van der Waals surface area (Å²) in [6, 6.07) is 1.77. The molecular weight excluding hydrogens is 440 g/mol. The molecule has 0 unspecified atom stereocenters. The highest BCUT2D eigenvalue weighted by Crippen LogP contribution is 2.39. The van der Waals surface area contributed by atoms with Crippen molar-refractivity contribution < 1.29 is 37.9 Å². The van der Waals surface area contributed by atoms with E-state index in [0.29, 0.717) is 22.8 Å². The van der Waals surface area contributed by atoms with Crippen LogP contribution < -0.4 is 4.74 Å². The zero-order valence-electron chi connectivity index (χ0n) is 18.3. The summed E-state index contributed by atoms with van der Waals surface area (Å²) < 4.78 is 27.7. The number of carbonyl (C=O) groups is 3. The summed E-state index contributed by atoms with van der Waals surface area (Å²) in [6.07, 6.45) is 0.278. The highest BCUT2D eigenvalue weighted by molar-refractivity contribution is 7.99. The third kappa shape index (κ3) is 5.39. The van der Waals surface area contributed by atoms with Crippen LogP contribution in [-0.4, -0.2) is 57.5 Å². The van der Waals surface area contributed by atoms with Gasteiger partial charge in [-0.1, -0.05) is 5.16 Å². The van der Waals surface area contributed by atoms with Crippen LogP contribution in [0.3, 0.4) is 0 Å². The summed E-state index contributed by atoms with van der Waals surface area (Å²) in [6.45, 7) is 7.32. The first-order valence-corrected chi connectivity index (χ1v) is 10.9. The Morgan fingerprint density at radius 1 is 1.03 bits per heavy atom. The quantitative estimate of drug-likeness (QED) is 0.462. The molecule has 0 saturated carbocycles. The number of aryl methyl sites for hydroxylation is 2. The lowest BCUT2D eigenvalue weighted by atomic mass is 10.0. The van der Waals surface area contributed by atoms with E-state index in [1.807, 2.05) is 6.92 Å². The van der Waals surface area contributed by atoms with Crippen molar-refractivity contribution in [2.45, 2.75) is 58.4 Å². The van der Waals surface area contributed by atoms with Gasteiger partial charge in [-0.2, -0.15) is 0 Å². The summed E-state index contributed by atoms with van der Waals surface area (Å²) in [4.78, 5) is 39.3. The van der Waals surface area contributed by atoms with E-state index >= 15 is 0 Å². The minimum absolute atomic E-state index is 0.265. The van der Waals surface area contributed by atoms with Gasteiger partial charge in [0, 0.05) is 38.3 Å². The molecule has 0 bridgehead atoms. The number of rotatable bonds is 6. The highest BCUT2D eigenvalue weighted by atomic mass is 32.2. The second kappa shape index (κ2) is 10.0. The molecule has 1 aliphatic heterocycles. The zero-order chi connectivity index (χ0) is 23.4. The van der Waals surface area contributed by atoms with Gasteiger partial charge in [0.25, 0.3) is 0 Å². The van der Waals surface area contributed by atoms with E-state index in [9.17, 15) is 14.4 Å². The molecule has 1 saturated heterocycles. The molecule has 10 nitrogen and oxygen atoms in total. The van der Waals surface area contributed by atoms with Crippen LogP contribution in [0.25, 0.3) is 11.1 Å². The highest BCUT2D eigenvalue weighted by Gasteiger charge is 2.48. The first-order chi connectivity index (χ1) is 15.2. The smallest absolute Gasteiger partial charge is 0.303 e. The topological polar surface area (TPSA) is 127 Å². The molecule has 0 aliphatic carbocycles. The minimum atomic E-state index is -1.04. The number of nitrogens with zero attached hydrogens (tertiary/aromatic N) is 2. The standard InChI is InChI=1S/C21H24N2O8S/c1-10-18(11(2)31-23-10)15-6-7-22-8-16(15)30-21-20(29-14(5)26)19(28-13(4)25)17(9-32-21)27-12(3)24/h6-8,17,19-21H,9H2,1-5H3/t17-,19+,20-,21-/m1/s1. The second-order valence-electron chi connectivity index (χ2n) is 7.19. The Balaban J connectivity index is 1.96. The Morgan fingerprint density at radius 3 is 2.28 bits per heavy atom. The first-order valence-electron chi connectivity index (χ1n) is 9.84. The van der Waals surface area contributed by atoms with Gasteiger partial charge < -0.3 is 23.5 Å². The maximum atomic E-state index is 11.8. The van der Waals surface area contributed by atoms with E-state index in [4.69, 9.17) is 23.5 Å². The monoisotopic (exact) mass is 464 g/mol.